The number of nitrogens with one attached hydrogen (secondary N) is 4. The van der Waals surface area contributed by atoms with E-state index < -0.39 is 47.3 Å². The van der Waals surface area contributed by atoms with E-state index in [2.05, 4.69) is 47.2 Å². The van der Waals surface area contributed by atoms with Gasteiger partial charge in [0.25, 0.3) is 0 Å². The topological polar surface area (TPSA) is 123 Å². The molecule has 6 aliphatic rings. The SMILES string of the molecule is CC(C)C[C@@H]1NC(=O)[C@@H]2C[C@]3([C@@]45C[C@@H]6C(=O)N[C@@H](Cc7ccccc7)C(=O)N6[C@H]4Nc4ccccc45)c4ccccc4N[C@@H]3N2C1=O. The molecule has 3 aromatic rings. The minimum Gasteiger partial charge on any atom is -0.364 e. The second-order valence-corrected chi connectivity index (χ2v) is 14.5. The Morgan fingerprint density at radius 3 is 1.64 bits per heavy atom. The first-order chi connectivity index (χ1) is 22.7. The second kappa shape index (κ2) is 9.82. The fourth-order valence-corrected chi connectivity index (χ4v) is 10.0. The average molecular weight is 631 g/mol. The van der Waals surface area contributed by atoms with Gasteiger partial charge in [-0.05, 0) is 54.0 Å². The molecule has 47 heavy (non-hydrogen) atoms. The number of hydrogen-bond donors (Lipinski definition) is 4. The van der Waals surface area contributed by atoms with E-state index in [0.717, 1.165) is 28.1 Å². The molecule has 4 fully saturated rings. The van der Waals surface area contributed by atoms with Crippen molar-refractivity contribution in [2.75, 3.05) is 10.6 Å². The molecule has 4 saturated heterocycles. The van der Waals surface area contributed by atoms with Crippen molar-refractivity contribution in [1.29, 1.82) is 0 Å². The molecule has 0 bridgehead atoms. The Morgan fingerprint density at radius 2 is 1.11 bits per heavy atom. The highest BCUT2D eigenvalue weighted by atomic mass is 16.2. The highest BCUT2D eigenvalue weighted by molar-refractivity contribution is 6.01. The number of benzene rings is 3. The smallest absolute Gasteiger partial charge is 0.247 e. The number of nitrogens with zero attached hydrogens (tertiary/aromatic N) is 2. The van der Waals surface area contributed by atoms with E-state index in [0.29, 0.717) is 25.7 Å². The van der Waals surface area contributed by atoms with Crippen molar-refractivity contribution < 1.29 is 19.2 Å². The fraction of sp³-hybridized carbons (Fsp3) is 0.405. The van der Waals surface area contributed by atoms with Gasteiger partial charge in [0, 0.05) is 17.8 Å². The lowest BCUT2D eigenvalue weighted by Crippen LogP contribution is -2.66. The standard InChI is InChI=1S/C37H38N6O4/c1-20(2)16-26-32(46)42-28(30(44)38-26)18-36(22-12-6-8-14-24(22)40-34(36)42)37-19-29-31(45)39-27(17-21-10-4-3-5-11-21)33(47)43(29)35(37)41-25-15-9-7-13-23(25)37/h3-15,20,26-29,34-35,40-41H,16-19H2,1-2H3,(H,38,44)(H,39,45)/t26-,27-,28-,29+,34+,35+,36-,37+/m0/s1. The summed E-state index contributed by atoms with van der Waals surface area (Å²) in [7, 11) is 0. The number of rotatable bonds is 5. The molecule has 8 atom stereocenters. The molecule has 240 valence electrons. The monoisotopic (exact) mass is 630 g/mol. The molecule has 6 aliphatic heterocycles. The predicted molar refractivity (Wildman–Crippen MR) is 175 cm³/mol. The maximum atomic E-state index is 14.6. The maximum Gasteiger partial charge on any atom is 0.247 e. The van der Waals surface area contributed by atoms with E-state index in [1.54, 1.807) is 9.80 Å². The Bertz CT molecular complexity index is 1850. The van der Waals surface area contributed by atoms with Crippen molar-refractivity contribution >= 4 is 35.0 Å². The minimum absolute atomic E-state index is 0.0878. The summed E-state index contributed by atoms with van der Waals surface area (Å²) in [5.74, 6) is -0.320. The summed E-state index contributed by atoms with van der Waals surface area (Å²) in [5.41, 5.74) is 3.15. The summed E-state index contributed by atoms with van der Waals surface area (Å²) in [6.07, 6.45) is 0.545. The second-order valence-electron chi connectivity index (χ2n) is 14.5. The molecular weight excluding hydrogens is 592 g/mol. The van der Waals surface area contributed by atoms with Crippen LogP contribution in [0.2, 0.25) is 0 Å². The first kappa shape index (κ1) is 28.4. The molecule has 0 unspecified atom stereocenters. The Balaban J connectivity index is 1.22. The molecule has 0 spiro atoms. The van der Waals surface area contributed by atoms with Gasteiger partial charge in [-0.15, -0.1) is 0 Å². The third-order valence-electron chi connectivity index (χ3n) is 11.7. The van der Waals surface area contributed by atoms with E-state index in [-0.39, 0.29) is 29.5 Å². The van der Waals surface area contributed by atoms with Gasteiger partial charge in [0.1, 0.15) is 36.5 Å². The zero-order valence-corrected chi connectivity index (χ0v) is 26.4. The van der Waals surface area contributed by atoms with Crippen LogP contribution in [0, 0.1) is 5.92 Å². The van der Waals surface area contributed by atoms with Gasteiger partial charge >= 0.3 is 0 Å². The zero-order chi connectivity index (χ0) is 32.2. The van der Waals surface area contributed by atoms with Gasteiger partial charge < -0.3 is 31.1 Å². The molecule has 4 N–H and O–H groups in total. The zero-order valence-electron chi connectivity index (χ0n) is 26.4. The Morgan fingerprint density at radius 1 is 0.638 bits per heavy atom. The first-order valence-corrected chi connectivity index (χ1v) is 16.8. The molecule has 3 aromatic carbocycles. The van der Waals surface area contributed by atoms with Gasteiger partial charge in [0.05, 0.1) is 10.8 Å². The molecule has 0 saturated carbocycles. The molecule has 10 nitrogen and oxygen atoms in total. The Labute approximate surface area is 273 Å². The van der Waals surface area contributed by atoms with Crippen LogP contribution in [0.15, 0.2) is 78.9 Å². The number of piperazine rings is 2. The highest BCUT2D eigenvalue weighted by Crippen LogP contribution is 2.68. The minimum atomic E-state index is -0.835. The molecular formula is C37H38N6O4. The van der Waals surface area contributed by atoms with Crippen molar-refractivity contribution in [3.05, 3.63) is 95.6 Å². The van der Waals surface area contributed by atoms with Crippen molar-refractivity contribution in [3.8, 4) is 0 Å². The summed E-state index contributed by atoms with van der Waals surface area (Å²) in [4.78, 5) is 60.6. The van der Waals surface area contributed by atoms with Crippen LogP contribution >= 0.6 is 0 Å². The predicted octanol–water partition coefficient (Wildman–Crippen LogP) is 2.85. The van der Waals surface area contributed by atoms with Gasteiger partial charge in [-0.25, -0.2) is 0 Å². The fourth-order valence-electron chi connectivity index (χ4n) is 10.0. The van der Waals surface area contributed by atoms with Crippen LogP contribution in [-0.4, -0.2) is 69.9 Å². The normalized spacial score (nSPS) is 34.4. The largest absolute Gasteiger partial charge is 0.364 e. The molecule has 9 rings (SSSR count). The number of anilines is 2. The third-order valence-corrected chi connectivity index (χ3v) is 11.7. The summed E-state index contributed by atoms with van der Waals surface area (Å²) in [6.45, 7) is 4.10. The van der Waals surface area contributed by atoms with Gasteiger partial charge in [-0.1, -0.05) is 80.6 Å². The lowest BCUT2D eigenvalue weighted by Gasteiger charge is -2.48. The molecule has 6 heterocycles. The van der Waals surface area contributed by atoms with Crippen LogP contribution in [0.3, 0.4) is 0 Å². The summed E-state index contributed by atoms with van der Waals surface area (Å²) in [5, 5.41) is 13.6. The molecule has 4 amide bonds. The number of amides is 4. The molecule has 10 heteroatoms. The van der Waals surface area contributed by atoms with Crippen LogP contribution in [-0.2, 0) is 36.4 Å². The quantitative estimate of drug-likeness (QED) is 0.344. The number of fused-ring (bicyclic) bond motifs is 11. The van der Waals surface area contributed by atoms with Crippen LogP contribution in [0.4, 0.5) is 11.4 Å². The van der Waals surface area contributed by atoms with Gasteiger partial charge in [0.2, 0.25) is 23.6 Å². The summed E-state index contributed by atoms with van der Waals surface area (Å²) < 4.78 is 0. The van der Waals surface area contributed by atoms with E-state index in [1.165, 1.54) is 0 Å². The number of carbonyl (C=O) groups excluding carboxylic acids is 4. The van der Waals surface area contributed by atoms with Crippen molar-refractivity contribution in [3.63, 3.8) is 0 Å². The molecule has 0 radical (unpaired) electrons. The molecule has 0 aliphatic carbocycles. The molecule has 0 aromatic heterocycles. The van der Waals surface area contributed by atoms with Crippen molar-refractivity contribution in [2.24, 2.45) is 5.92 Å². The van der Waals surface area contributed by atoms with Crippen LogP contribution in [0.5, 0.6) is 0 Å². The van der Waals surface area contributed by atoms with E-state index in [4.69, 9.17) is 0 Å². The number of carbonyl (C=O) groups is 4. The van der Waals surface area contributed by atoms with Crippen LogP contribution in [0.25, 0.3) is 0 Å². The number of hydrogen-bond acceptors (Lipinski definition) is 6. The highest BCUT2D eigenvalue weighted by Gasteiger charge is 2.78. The Hall–Kier alpha value is -4.86. The van der Waals surface area contributed by atoms with E-state index in [9.17, 15) is 19.2 Å². The summed E-state index contributed by atoms with van der Waals surface area (Å²) in [6, 6.07) is 23.2. The average Bonchev–Trinajstić information content (AvgIpc) is 3.77. The lowest BCUT2D eigenvalue weighted by molar-refractivity contribution is -0.149. The van der Waals surface area contributed by atoms with Crippen molar-refractivity contribution in [2.45, 2.75) is 86.9 Å². The lowest BCUT2D eigenvalue weighted by atomic mass is 9.54. The third kappa shape index (κ3) is 3.61. The van der Waals surface area contributed by atoms with Crippen LogP contribution in [0.1, 0.15) is 49.8 Å². The Kier molecular flexibility index (Phi) is 5.93. The van der Waals surface area contributed by atoms with Gasteiger partial charge in [-0.2, -0.15) is 0 Å². The van der Waals surface area contributed by atoms with Crippen LogP contribution < -0.4 is 21.3 Å². The van der Waals surface area contributed by atoms with Crippen molar-refractivity contribution in [1.82, 2.24) is 20.4 Å². The van der Waals surface area contributed by atoms with E-state index >= 15 is 0 Å². The van der Waals surface area contributed by atoms with Gasteiger partial charge in [0.15, 0.2) is 0 Å². The maximum absolute atomic E-state index is 14.6. The number of para-hydroxylation sites is 2. The van der Waals surface area contributed by atoms with E-state index in [1.807, 2.05) is 66.7 Å². The van der Waals surface area contributed by atoms with Gasteiger partial charge in [-0.3, -0.25) is 19.2 Å². The summed E-state index contributed by atoms with van der Waals surface area (Å²) >= 11 is 0. The first-order valence-electron chi connectivity index (χ1n) is 16.8.